The fourth-order valence-electron chi connectivity index (χ4n) is 3.93. The van der Waals surface area contributed by atoms with Crippen LogP contribution in [0.4, 0.5) is 5.69 Å². The summed E-state index contributed by atoms with van der Waals surface area (Å²) in [5, 5.41) is 38.8. The van der Waals surface area contributed by atoms with E-state index in [2.05, 4.69) is 26.7 Å². The number of benzene rings is 1. The zero-order valence-electron chi connectivity index (χ0n) is 21.7. The highest BCUT2D eigenvalue weighted by Gasteiger charge is 2.46. The third-order valence-corrected chi connectivity index (χ3v) is 7.57. The molecule has 2 aliphatic heterocycles. The second kappa shape index (κ2) is 12.7. The molecule has 17 nitrogen and oxygen atoms in total. The number of aliphatic imine (C=N–C) groups is 1. The molecule has 2 aliphatic rings. The molecule has 5 N–H and O–H groups in total. The first kappa shape index (κ1) is 30.0. The molecule has 220 valence electrons. The van der Waals surface area contributed by atoms with Gasteiger partial charge in [-0.15, -0.1) is 5.10 Å². The molecule has 1 unspecified atom stereocenters. The van der Waals surface area contributed by atoms with Gasteiger partial charge in [-0.05, 0) is 12.1 Å². The largest absolute Gasteiger partial charge is 0.468 e. The minimum Gasteiger partial charge on any atom is -0.468 e. The van der Waals surface area contributed by atoms with Crippen LogP contribution in [-0.4, -0.2) is 80.2 Å². The summed E-state index contributed by atoms with van der Waals surface area (Å²) in [5.41, 5.74) is 5.95. The molecule has 4 rings (SSSR count). The van der Waals surface area contributed by atoms with E-state index in [1.54, 1.807) is 12.3 Å². The molecule has 2 aromatic rings. The highest BCUT2D eigenvalue weighted by Crippen LogP contribution is 2.46. The number of nitro groups is 1. The van der Waals surface area contributed by atoms with Gasteiger partial charge in [-0.1, -0.05) is 12.7 Å². The van der Waals surface area contributed by atoms with Crippen LogP contribution in [0, 0.1) is 10.1 Å². The fourth-order valence-corrected chi connectivity index (χ4v) is 5.43. The van der Waals surface area contributed by atoms with E-state index >= 15 is 0 Å². The van der Waals surface area contributed by atoms with Gasteiger partial charge in [0, 0.05) is 36.9 Å². The lowest BCUT2D eigenvalue weighted by Crippen LogP contribution is -2.39. The zero-order valence-corrected chi connectivity index (χ0v) is 22.6. The highest BCUT2D eigenvalue weighted by atomic mass is 31.2. The lowest BCUT2D eigenvalue weighted by Gasteiger charge is -2.25. The third-order valence-electron chi connectivity index (χ3n) is 6.00. The first-order valence-corrected chi connectivity index (χ1v) is 13.7. The number of nitrogens with zero attached hydrogens (tertiary/aromatic N) is 5. The van der Waals surface area contributed by atoms with Gasteiger partial charge in [0.25, 0.3) is 5.69 Å². The Kier molecular flexibility index (Phi) is 9.27. The maximum absolute atomic E-state index is 14.0. The van der Waals surface area contributed by atoms with Crippen LogP contribution >= 0.6 is 7.75 Å². The van der Waals surface area contributed by atoms with Crippen LogP contribution in [0.25, 0.3) is 5.70 Å². The van der Waals surface area contributed by atoms with Gasteiger partial charge >= 0.3 is 13.7 Å². The average Bonchev–Trinajstić information content (AvgIpc) is 3.69. The molecule has 0 saturated carbocycles. The molecule has 0 spiro atoms. The molecule has 1 aromatic carbocycles. The van der Waals surface area contributed by atoms with Crippen molar-refractivity contribution in [2.24, 2.45) is 10.7 Å². The number of rotatable bonds is 13. The number of methoxy groups -OCH3 is 1. The van der Waals surface area contributed by atoms with Crippen molar-refractivity contribution in [1.29, 1.82) is 0 Å². The Bertz CT molecular complexity index is 1400. The van der Waals surface area contributed by atoms with Crippen LogP contribution < -0.4 is 15.3 Å². The summed E-state index contributed by atoms with van der Waals surface area (Å²) in [4.78, 5) is 31.0. The standard InChI is InChI=1S/C23H28N7O10P/c1-13(24)21-26-12-29(27-21)22-20(32)19(31)18(39-22)11-38-41(36,40-16-7-5-15(6-8-16)30(34)35)28-17(23(33)37-2)10-14-4-3-9-25-14/h4-9,12,17-20,22,31-32H,1,3,10-11,24H2,2H3,(H,28,36)/t17-,18+,19+,20+,22+,41?/m0/s1. The Morgan fingerprint density at radius 1 is 1.37 bits per heavy atom. The van der Waals surface area contributed by atoms with E-state index in [9.17, 15) is 29.7 Å². The van der Waals surface area contributed by atoms with Gasteiger partial charge in [0.05, 0.1) is 24.3 Å². The number of ether oxygens (including phenoxy) is 2. The molecular formula is C23H28N7O10P. The molecule has 0 radical (unpaired) electrons. The molecule has 6 atom stereocenters. The molecule has 3 heterocycles. The van der Waals surface area contributed by atoms with Crippen molar-refractivity contribution in [2.45, 2.75) is 43.4 Å². The number of allylic oxidation sites excluding steroid dienone is 1. The van der Waals surface area contributed by atoms with E-state index in [1.807, 2.05) is 0 Å². The van der Waals surface area contributed by atoms with Crippen molar-refractivity contribution in [3.63, 3.8) is 0 Å². The van der Waals surface area contributed by atoms with Gasteiger partial charge in [-0.2, -0.15) is 5.09 Å². The van der Waals surface area contributed by atoms with E-state index in [-0.39, 0.29) is 29.4 Å². The van der Waals surface area contributed by atoms with Crippen molar-refractivity contribution >= 4 is 31.3 Å². The summed E-state index contributed by atoms with van der Waals surface area (Å²) in [6.07, 6.45) is -0.278. The molecule has 0 aliphatic carbocycles. The summed E-state index contributed by atoms with van der Waals surface area (Å²) in [7, 11) is -3.35. The van der Waals surface area contributed by atoms with Gasteiger partial charge in [0.1, 0.15) is 36.4 Å². The molecule has 0 amide bonds. The smallest absolute Gasteiger partial charge is 0.459 e. The Hall–Kier alpha value is -3.99. The van der Waals surface area contributed by atoms with E-state index < -0.39 is 55.8 Å². The first-order valence-electron chi connectivity index (χ1n) is 12.1. The van der Waals surface area contributed by atoms with Gasteiger partial charge in [-0.25, -0.2) is 14.2 Å². The van der Waals surface area contributed by atoms with E-state index in [1.165, 1.54) is 18.5 Å². The molecule has 0 bridgehead atoms. The van der Waals surface area contributed by atoms with Crippen LogP contribution in [0.3, 0.4) is 0 Å². The monoisotopic (exact) mass is 593 g/mol. The molecule has 1 fully saturated rings. The Labute approximate surface area is 233 Å². The van der Waals surface area contributed by atoms with Gasteiger partial charge in [0.2, 0.25) is 0 Å². The SMILES string of the molecule is C=C(N)c1ncn([C@@H]2O[C@H](COP(=O)(N[C@@H](CC3=CCC=N3)C(=O)OC)Oc3ccc([N+](=O)[O-])cc3)[C@@H](O)[C@H]2O)n1. The Morgan fingerprint density at radius 3 is 2.68 bits per heavy atom. The predicted molar refractivity (Wildman–Crippen MR) is 141 cm³/mol. The number of non-ortho nitro benzene ring substituents is 1. The Morgan fingerprint density at radius 2 is 2.10 bits per heavy atom. The summed E-state index contributed by atoms with van der Waals surface area (Å²) in [5.74, 6) is -0.785. The van der Waals surface area contributed by atoms with Crippen molar-refractivity contribution < 1.29 is 43.0 Å². The predicted octanol–water partition coefficient (Wildman–Crippen LogP) is 0.818. The number of nitrogens with two attached hydrogens (primary N) is 1. The number of nitro benzene ring substituents is 1. The summed E-state index contributed by atoms with van der Waals surface area (Å²) < 4.78 is 36.8. The lowest BCUT2D eigenvalue weighted by molar-refractivity contribution is -0.384. The maximum Gasteiger partial charge on any atom is 0.459 e. The van der Waals surface area contributed by atoms with Crippen LogP contribution in [0.15, 0.2) is 53.9 Å². The second-order valence-corrected chi connectivity index (χ2v) is 10.6. The first-order chi connectivity index (χ1) is 19.5. The van der Waals surface area contributed by atoms with Crippen molar-refractivity contribution in [1.82, 2.24) is 19.9 Å². The average molecular weight is 593 g/mol. The number of aromatic nitrogens is 3. The normalized spacial score (nSPS) is 23.9. The van der Waals surface area contributed by atoms with Gasteiger partial charge in [0.15, 0.2) is 12.1 Å². The molecule has 1 saturated heterocycles. The molecule has 18 heteroatoms. The maximum atomic E-state index is 14.0. The van der Waals surface area contributed by atoms with Gasteiger partial charge in [-0.3, -0.25) is 24.4 Å². The van der Waals surface area contributed by atoms with Crippen LogP contribution in [-0.2, 0) is 23.4 Å². The number of carbonyl (C=O) groups excluding carboxylic acids is 1. The highest BCUT2D eigenvalue weighted by molar-refractivity contribution is 7.52. The van der Waals surface area contributed by atoms with E-state index in [4.69, 9.17) is 24.3 Å². The number of esters is 1. The van der Waals surface area contributed by atoms with Crippen LogP contribution in [0.5, 0.6) is 5.75 Å². The van der Waals surface area contributed by atoms with Gasteiger partial charge < -0.3 is 29.9 Å². The minimum absolute atomic E-state index is 0.0233. The lowest BCUT2D eigenvalue weighted by atomic mass is 10.1. The summed E-state index contributed by atoms with van der Waals surface area (Å²) in [6, 6.07) is 3.41. The Balaban J connectivity index is 1.54. The topological polar surface area (TPSA) is 236 Å². The van der Waals surface area contributed by atoms with Crippen molar-refractivity contribution in [3.8, 4) is 5.75 Å². The quantitative estimate of drug-likeness (QED) is 0.109. The molecule has 1 aromatic heterocycles. The number of hydrogen-bond donors (Lipinski definition) is 4. The van der Waals surface area contributed by atoms with Crippen molar-refractivity contribution in [3.05, 3.63) is 64.9 Å². The summed E-state index contributed by atoms with van der Waals surface area (Å²) >= 11 is 0. The van der Waals surface area contributed by atoms with Crippen molar-refractivity contribution in [2.75, 3.05) is 13.7 Å². The minimum atomic E-state index is -4.49. The van der Waals surface area contributed by atoms with E-state index in [0.29, 0.717) is 12.1 Å². The third kappa shape index (κ3) is 7.21. The summed E-state index contributed by atoms with van der Waals surface area (Å²) in [6.45, 7) is 2.94. The second-order valence-electron chi connectivity index (χ2n) is 8.91. The number of aliphatic hydroxyl groups is 2. The fraction of sp³-hybridized carbons (Fsp3) is 0.391. The van der Waals surface area contributed by atoms with Crippen LogP contribution in [0.2, 0.25) is 0 Å². The number of aliphatic hydroxyl groups excluding tert-OH is 2. The molecular weight excluding hydrogens is 565 g/mol. The number of carbonyl (C=O) groups is 1. The number of hydrogen-bond acceptors (Lipinski definition) is 14. The zero-order chi connectivity index (χ0) is 29.7. The van der Waals surface area contributed by atoms with E-state index in [0.717, 1.165) is 23.9 Å². The number of nitrogens with one attached hydrogen (secondary N) is 1. The molecule has 41 heavy (non-hydrogen) atoms. The van der Waals surface area contributed by atoms with Crippen LogP contribution in [0.1, 0.15) is 24.9 Å².